The molecule has 0 amide bonds. The van der Waals surface area contributed by atoms with Crippen molar-refractivity contribution < 1.29 is 0 Å². The summed E-state index contributed by atoms with van der Waals surface area (Å²) >= 11 is 5.29. The van der Waals surface area contributed by atoms with Gasteiger partial charge in [0.25, 0.3) is 0 Å². The van der Waals surface area contributed by atoms with Crippen LogP contribution in [0.25, 0.3) is 10.9 Å². The van der Waals surface area contributed by atoms with Crippen LogP contribution in [-0.2, 0) is 13.5 Å². The summed E-state index contributed by atoms with van der Waals surface area (Å²) in [6.07, 6.45) is 0.894. The Kier molecular flexibility index (Phi) is 3.92. The van der Waals surface area contributed by atoms with E-state index >= 15 is 0 Å². The van der Waals surface area contributed by atoms with Gasteiger partial charge in [0.2, 0.25) is 0 Å². The van der Waals surface area contributed by atoms with E-state index in [-0.39, 0.29) is 0 Å². The van der Waals surface area contributed by atoms with Crippen molar-refractivity contribution in [3.63, 3.8) is 0 Å². The maximum absolute atomic E-state index is 4.68. The maximum Gasteiger partial charge on any atom is 0.0722 e. The number of para-hydroxylation sites is 1. The van der Waals surface area contributed by atoms with E-state index < -0.39 is 0 Å². The molecule has 1 atom stereocenters. The smallest absolute Gasteiger partial charge is 0.0722 e. The van der Waals surface area contributed by atoms with Crippen molar-refractivity contribution >= 4 is 38.2 Å². The number of benzene rings is 1. The molecule has 3 rings (SSSR count). The molecule has 0 aliphatic rings. The highest BCUT2D eigenvalue weighted by atomic mass is 79.9. The monoisotopic (exact) mass is 349 g/mol. The zero-order valence-electron chi connectivity index (χ0n) is 11.4. The summed E-state index contributed by atoms with van der Waals surface area (Å²) in [5, 5.41) is 11.4. The molecule has 3 nitrogen and oxygen atoms in total. The summed E-state index contributed by atoms with van der Waals surface area (Å²) in [6.45, 7) is 0. The van der Waals surface area contributed by atoms with Crippen LogP contribution in [0, 0.1) is 0 Å². The predicted molar refractivity (Wildman–Crippen MR) is 88.2 cm³/mol. The zero-order chi connectivity index (χ0) is 14.1. The highest BCUT2D eigenvalue weighted by Gasteiger charge is 2.16. The molecular weight excluding hydrogens is 334 g/mol. The highest BCUT2D eigenvalue weighted by Crippen LogP contribution is 2.29. The van der Waals surface area contributed by atoms with Crippen molar-refractivity contribution in [3.05, 3.63) is 50.8 Å². The molecule has 0 bridgehead atoms. The Hall–Kier alpha value is -1.17. The second kappa shape index (κ2) is 5.68. The van der Waals surface area contributed by atoms with Crippen molar-refractivity contribution in [2.24, 2.45) is 7.05 Å². The first-order valence-corrected chi connectivity index (χ1v) is 8.18. The lowest BCUT2D eigenvalue weighted by molar-refractivity contribution is 0.588. The number of thiophene rings is 1. The van der Waals surface area contributed by atoms with Crippen LogP contribution in [0.2, 0.25) is 0 Å². The van der Waals surface area contributed by atoms with Gasteiger partial charge in [0.1, 0.15) is 0 Å². The van der Waals surface area contributed by atoms with Crippen molar-refractivity contribution in [2.75, 3.05) is 7.05 Å². The number of nitrogens with one attached hydrogen (secondary N) is 1. The Balaban J connectivity index is 1.95. The summed E-state index contributed by atoms with van der Waals surface area (Å²) in [4.78, 5) is 1.33. The van der Waals surface area contributed by atoms with Crippen LogP contribution < -0.4 is 5.32 Å². The average molecular weight is 350 g/mol. The Morgan fingerprint density at radius 2 is 2.20 bits per heavy atom. The van der Waals surface area contributed by atoms with Gasteiger partial charge in [-0.2, -0.15) is 5.10 Å². The molecule has 104 valence electrons. The molecule has 1 N–H and O–H groups in total. The molecule has 5 heteroatoms. The molecule has 1 aromatic carbocycles. The molecule has 1 unspecified atom stereocenters. The normalized spacial score (nSPS) is 12.9. The number of fused-ring (bicyclic) bond motifs is 1. The maximum atomic E-state index is 4.68. The SMILES string of the molecule is CNC(Cc1nn(C)c2ccccc12)c1cc(Br)cs1. The molecule has 0 fully saturated rings. The van der Waals surface area contributed by atoms with E-state index in [4.69, 9.17) is 0 Å². The van der Waals surface area contributed by atoms with Gasteiger partial charge in [-0.15, -0.1) is 11.3 Å². The van der Waals surface area contributed by atoms with E-state index in [0.29, 0.717) is 6.04 Å². The van der Waals surface area contributed by atoms with Gasteiger partial charge in [0.05, 0.1) is 11.2 Å². The van der Waals surface area contributed by atoms with Gasteiger partial charge < -0.3 is 5.32 Å². The Labute approximate surface area is 130 Å². The number of hydrogen-bond donors (Lipinski definition) is 1. The van der Waals surface area contributed by atoms with Crippen LogP contribution >= 0.6 is 27.3 Å². The first kappa shape index (κ1) is 13.8. The quantitative estimate of drug-likeness (QED) is 0.773. The van der Waals surface area contributed by atoms with Gasteiger partial charge in [-0.05, 0) is 35.1 Å². The lowest BCUT2D eigenvalue weighted by Gasteiger charge is -2.13. The van der Waals surface area contributed by atoms with Crippen LogP contribution in [0.15, 0.2) is 40.2 Å². The Bertz CT molecular complexity index is 732. The summed E-state index contributed by atoms with van der Waals surface area (Å²) in [6, 6.07) is 10.9. The molecule has 0 aliphatic heterocycles. The van der Waals surface area contributed by atoms with E-state index in [0.717, 1.165) is 16.6 Å². The van der Waals surface area contributed by atoms with Gasteiger partial charge in [-0.3, -0.25) is 4.68 Å². The van der Waals surface area contributed by atoms with Gasteiger partial charge in [0.15, 0.2) is 0 Å². The van der Waals surface area contributed by atoms with Gasteiger partial charge in [-0.1, -0.05) is 18.2 Å². The van der Waals surface area contributed by atoms with Crippen molar-refractivity contribution in [2.45, 2.75) is 12.5 Å². The minimum Gasteiger partial charge on any atom is -0.312 e. The van der Waals surface area contributed by atoms with E-state index in [2.05, 4.69) is 62.1 Å². The summed E-state index contributed by atoms with van der Waals surface area (Å²) in [7, 11) is 4.01. The number of aromatic nitrogens is 2. The van der Waals surface area contributed by atoms with Gasteiger partial charge in [0, 0.05) is 39.6 Å². The predicted octanol–water partition coefficient (Wildman–Crippen LogP) is 3.90. The third kappa shape index (κ3) is 2.53. The second-order valence-electron chi connectivity index (χ2n) is 4.80. The first-order chi connectivity index (χ1) is 9.69. The summed E-state index contributed by atoms with van der Waals surface area (Å²) < 4.78 is 3.10. The topological polar surface area (TPSA) is 29.9 Å². The fourth-order valence-electron chi connectivity index (χ4n) is 2.49. The Morgan fingerprint density at radius 3 is 2.90 bits per heavy atom. The molecule has 0 saturated carbocycles. The number of aryl methyl sites for hydroxylation is 1. The molecule has 0 spiro atoms. The standard InChI is InChI=1S/C15H16BrN3S/c1-17-13(15-7-10(16)9-20-15)8-12-11-5-3-4-6-14(11)19(2)18-12/h3-7,9,13,17H,8H2,1-2H3. The Morgan fingerprint density at radius 1 is 1.40 bits per heavy atom. The largest absolute Gasteiger partial charge is 0.312 e. The third-order valence-corrected chi connectivity index (χ3v) is 5.32. The summed E-state index contributed by atoms with van der Waals surface area (Å²) in [5.74, 6) is 0. The fraction of sp³-hybridized carbons (Fsp3) is 0.267. The van der Waals surface area contributed by atoms with Gasteiger partial charge in [-0.25, -0.2) is 0 Å². The lowest BCUT2D eigenvalue weighted by atomic mass is 10.1. The zero-order valence-corrected chi connectivity index (χ0v) is 13.8. The molecule has 20 heavy (non-hydrogen) atoms. The number of hydrogen-bond acceptors (Lipinski definition) is 3. The molecule has 2 heterocycles. The minimum atomic E-state index is 0.296. The third-order valence-electron chi connectivity index (χ3n) is 3.51. The van der Waals surface area contributed by atoms with Crippen LogP contribution in [0.4, 0.5) is 0 Å². The number of likely N-dealkylation sites (N-methyl/N-ethyl adjacent to an activating group) is 1. The first-order valence-electron chi connectivity index (χ1n) is 6.51. The van der Waals surface area contributed by atoms with Crippen molar-refractivity contribution in [3.8, 4) is 0 Å². The molecule has 3 aromatic rings. The number of rotatable bonds is 4. The molecular formula is C15H16BrN3S. The molecule has 0 radical (unpaired) electrons. The second-order valence-corrected chi connectivity index (χ2v) is 6.66. The summed E-state index contributed by atoms with van der Waals surface area (Å²) in [5.41, 5.74) is 2.33. The molecule has 0 aliphatic carbocycles. The number of halogens is 1. The molecule has 0 saturated heterocycles. The van der Waals surface area contributed by atoms with E-state index in [1.807, 2.05) is 18.8 Å². The molecule has 2 aromatic heterocycles. The highest BCUT2D eigenvalue weighted by molar-refractivity contribution is 9.10. The number of nitrogens with zero attached hydrogens (tertiary/aromatic N) is 2. The minimum absolute atomic E-state index is 0.296. The van der Waals surface area contributed by atoms with E-state index in [1.54, 1.807) is 11.3 Å². The average Bonchev–Trinajstić information content (AvgIpc) is 3.01. The van der Waals surface area contributed by atoms with Crippen LogP contribution in [0.5, 0.6) is 0 Å². The fourth-order valence-corrected chi connectivity index (χ4v) is 4.04. The van der Waals surface area contributed by atoms with Crippen molar-refractivity contribution in [1.29, 1.82) is 0 Å². The van der Waals surface area contributed by atoms with Crippen LogP contribution in [0.3, 0.4) is 0 Å². The van der Waals surface area contributed by atoms with Gasteiger partial charge >= 0.3 is 0 Å². The van der Waals surface area contributed by atoms with E-state index in [1.165, 1.54) is 15.8 Å². The van der Waals surface area contributed by atoms with Crippen LogP contribution in [0.1, 0.15) is 16.6 Å². The lowest BCUT2D eigenvalue weighted by Crippen LogP contribution is -2.18. The van der Waals surface area contributed by atoms with Crippen molar-refractivity contribution in [1.82, 2.24) is 15.1 Å². The van der Waals surface area contributed by atoms with E-state index in [9.17, 15) is 0 Å². The van der Waals surface area contributed by atoms with Crippen LogP contribution in [-0.4, -0.2) is 16.8 Å².